The summed E-state index contributed by atoms with van der Waals surface area (Å²) in [6.07, 6.45) is 17.1. The fraction of sp³-hybridized carbons (Fsp3) is 0.625. The van der Waals surface area contributed by atoms with Gasteiger partial charge in [0.1, 0.15) is 12.1 Å². The molecule has 0 spiro atoms. The van der Waals surface area contributed by atoms with Crippen LogP contribution in [0.1, 0.15) is 64.5 Å². The van der Waals surface area contributed by atoms with E-state index in [-0.39, 0.29) is 5.41 Å². The van der Waals surface area contributed by atoms with Crippen LogP contribution < -0.4 is 0 Å². The molecule has 0 amide bonds. The number of rotatable bonds is 2. The molecule has 27 heavy (non-hydrogen) atoms. The van der Waals surface area contributed by atoms with E-state index in [1.54, 1.807) is 11.9 Å². The van der Waals surface area contributed by atoms with Crippen molar-refractivity contribution in [3.05, 3.63) is 47.6 Å². The highest BCUT2D eigenvalue weighted by molar-refractivity contribution is 5.82. The predicted octanol–water partition coefficient (Wildman–Crippen LogP) is 5.09. The average molecular weight is 363 g/mol. The molecule has 3 nitrogen and oxygen atoms in total. The maximum Gasteiger partial charge on any atom is 0.136 e. The number of nitrogens with zero attached hydrogens (tertiary/aromatic N) is 2. The van der Waals surface area contributed by atoms with Crippen LogP contribution in [0.3, 0.4) is 0 Å². The normalized spacial score (nSPS) is 40.5. The van der Waals surface area contributed by atoms with Crippen LogP contribution in [-0.2, 0) is 11.2 Å². The first-order valence-corrected chi connectivity index (χ1v) is 10.7. The number of Topliss-reactive ketones (excluding diaryl/α,β-unsaturated/α-hetero) is 1. The third-order valence-corrected chi connectivity index (χ3v) is 8.69. The summed E-state index contributed by atoms with van der Waals surface area (Å²) >= 11 is 0. The SMILES string of the molecule is C[C@]12CCC(=O)CC1=CC[C@@H]1[C@@H]2CC[C@]2(C)C(Cc3ccncn3)=CC[C@@H]12. The van der Waals surface area contributed by atoms with Crippen molar-refractivity contribution in [3.63, 3.8) is 0 Å². The van der Waals surface area contributed by atoms with Crippen molar-refractivity contribution in [1.82, 2.24) is 9.97 Å². The molecule has 0 N–H and O–H groups in total. The standard InChI is InChI=1S/C24H30N2O/c1-23-10-7-19(27)14-17(23)3-5-20-21-6-4-16(13-18-9-12-25-15-26-18)24(21,2)11-8-22(20)23/h3-4,9,12,15,20-22H,5-8,10-11,13-14H2,1-2H3/t20-,21-,22-,23-,24+/m0/s1. The van der Waals surface area contributed by atoms with Gasteiger partial charge in [-0.05, 0) is 66.8 Å². The highest BCUT2D eigenvalue weighted by Gasteiger charge is 2.56. The molecule has 0 unspecified atom stereocenters. The van der Waals surface area contributed by atoms with Crippen LogP contribution in [0.5, 0.6) is 0 Å². The molecule has 1 aromatic rings. The van der Waals surface area contributed by atoms with Crippen molar-refractivity contribution in [3.8, 4) is 0 Å². The minimum atomic E-state index is 0.271. The summed E-state index contributed by atoms with van der Waals surface area (Å²) in [6, 6.07) is 2.05. The Morgan fingerprint density at radius 3 is 2.81 bits per heavy atom. The van der Waals surface area contributed by atoms with Crippen molar-refractivity contribution in [1.29, 1.82) is 0 Å². The number of hydrogen-bond acceptors (Lipinski definition) is 3. The summed E-state index contributed by atoms with van der Waals surface area (Å²) in [7, 11) is 0. The van der Waals surface area contributed by atoms with Gasteiger partial charge in [-0.15, -0.1) is 0 Å². The lowest BCUT2D eigenvalue weighted by Crippen LogP contribution is -2.49. The number of carbonyl (C=O) groups excluding carboxylic acids is 1. The fourth-order valence-electron chi connectivity index (χ4n) is 7.02. The van der Waals surface area contributed by atoms with Gasteiger partial charge in [0, 0.05) is 31.2 Å². The van der Waals surface area contributed by atoms with Gasteiger partial charge in [0.25, 0.3) is 0 Å². The first-order valence-electron chi connectivity index (χ1n) is 10.7. The highest BCUT2D eigenvalue weighted by Crippen LogP contribution is 2.64. The number of ketones is 1. The molecule has 0 bridgehead atoms. The number of fused-ring (bicyclic) bond motifs is 5. The Balaban J connectivity index is 1.42. The van der Waals surface area contributed by atoms with E-state index in [1.807, 2.05) is 6.20 Å². The Morgan fingerprint density at radius 2 is 2.00 bits per heavy atom. The Hall–Kier alpha value is -1.77. The van der Waals surface area contributed by atoms with Crippen LogP contribution in [0, 0.1) is 28.6 Å². The van der Waals surface area contributed by atoms with E-state index >= 15 is 0 Å². The Kier molecular flexibility index (Phi) is 3.93. The number of hydrogen-bond donors (Lipinski definition) is 0. The van der Waals surface area contributed by atoms with E-state index in [2.05, 4.69) is 42.0 Å². The molecule has 1 aromatic heterocycles. The summed E-state index contributed by atoms with van der Waals surface area (Å²) < 4.78 is 0. The molecule has 0 saturated heterocycles. The first-order chi connectivity index (χ1) is 13.0. The maximum atomic E-state index is 12.0. The van der Waals surface area contributed by atoms with Crippen molar-refractivity contribution in [2.45, 2.75) is 65.2 Å². The summed E-state index contributed by atoms with van der Waals surface area (Å²) in [5.41, 5.74) is 4.80. The molecule has 2 saturated carbocycles. The number of allylic oxidation sites excluding steroid dienone is 4. The van der Waals surface area contributed by atoms with Gasteiger partial charge in [-0.1, -0.05) is 37.1 Å². The topological polar surface area (TPSA) is 42.9 Å². The van der Waals surface area contributed by atoms with Gasteiger partial charge in [0.05, 0.1) is 0 Å². The molecule has 3 heteroatoms. The third kappa shape index (κ3) is 2.57. The molecule has 0 aromatic carbocycles. The molecular weight excluding hydrogens is 332 g/mol. The van der Waals surface area contributed by atoms with Crippen LogP contribution in [0.15, 0.2) is 41.9 Å². The van der Waals surface area contributed by atoms with E-state index in [1.165, 1.54) is 31.3 Å². The molecule has 5 atom stereocenters. The monoisotopic (exact) mass is 362 g/mol. The van der Waals surface area contributed by atoms with Crippen molar-refractivity contribution < 1.29 is 4.79 Å². The Bertz CT molecular complexity index is 826. The van der Waals surface area contributed by atoms with Gasteiger partial charge >= 0.3 is 0 Å². The minimum Gasteiger partial charge on any atom is -0.299 e. The van der Waals surface area contributed by atoms with E-state index in [4.69, 9.17) is 0 Å². The van der Waals surface area contributed by atoms with E-state index in [9.17, 15) is 4.79 Å². The summed E-state index contributed by atoms with van der Waals surface area (Å²) in [5, 5.41) is 0. The van der Waals surface area contributed by atoms with Crippen LogP contribution in [0.4, 0.5) is 0 Å². The second kappa shape index (κ2) is 6.12. The Labute approximate surface area is 162 Å². The molecule has 0 radical (unpaired) electrons. The smallest absolute Gasteiger partial charge is 0.136 e. The molecule has 4 aliphatic rings. The second-order valence-electron chi connectivity index (χ2n) is 9.77. The van der Waals surface area contributed by atoms with Gasteiger partial charge < -0.3 is 0 Å². The van der Waals surface area contributed by atoms with Gasteiger partial charge in [-0.2, -0.15) is 0 Å². The largest absolute Gasteiger partial charge is 0.299 e. The van der Waals surface area contributed by atoms with Crippen LogP contribution >= 0.6 is 0 Å². The van der Waals surface area contributed by atoms with Crippen molar-refractivity contribution in [2.75, 3.05) is 0 Å². The molecule has 1 heterocycles. The van der Waals surface area contributed by atoms with Crippen LogP contribution in [-0.4, -0.2) is 15.8 Å². The molecule has 4 aliphatic carbocycles. The Morgan fingerprint density at radius 1 is 1.11 bits per heavy atom. The summed E-state index contributed by atoms with van der Waals surface area (Å²) in [4.78, 5) is 20.5. The zero-order chi connectivity index (χ0) is 18.6. The number of aromatic nitrogens is 2. The van der Waals surface area contributed by atoms with E-state index in [0.29, 0.717) is 11.2 Å². The lowest BCUT2D eigenvalue weighted by Gasteiger charge is -2.57. The average Bonchev–Trinajstić information content (AvgIpc) is 3.00. The zero-order valence-electron chi connectivity index (χ0n) is 16.6. The predicted molar refractivity (Wildman–Crippen MR) is 106 cm³/mol. The van der Waals surface area contributed by atoms with Crippen molar-refractivity contribution >= 4 is 5.78 Å². The quantitative estimate of drug-likeness (QED) is 0.689. The molecule has 142 valence electrons. The number of carbonyl (C=O) groups is 1. The maximum absolute atomic E-state index is 12.0. The van der Waals surface area contributed by atoms with Gasteiger partial charge in [0.15, 0.2) is 0 Å². The molecule has 0 aliphatic heterocycles. The van der Waals surface area contributed by atoms with E-state index < -0.39 is 0 Å². The van der Waals surface area contributed by atoms with Gasteiger partial charge in [-0.25, -0.2) is 9.97 Å². The van der Waals surface area contributed by atoms with Crippen LogP contribution in [0.2, 0.25) is 0 Å². The second-order valence-corrected chi connectivity index (χ2v) is 9.77. The van der Waals surface area contributed by atoms with E-state index in [0.717, 1.165) is 49.1 Å². The molecule has 2 fully saturated rings. The lowest BCUT2D eigenvalue weighted by atomic mass is 9.47. The summed E-state index contributed by atoms with van der Waals surface area (Å²) in [6.45, 7) is 4.98. The summed E-state index contributed by atoms with van der Waals surface area (Å²) in [5.74, 6) is 2.73. The third-order valence-electron chi connectivity index (χ3n) is 8.69. The van der Waals surface area contributed by atoms with Crippen LogP contribution in [0.25, 0.3) is 0 Å². The first kappa shape index (κ1) is 17.3. The van der Waals surface area contributed by atoms with Crippen molar-refractivity contribution in [2.24, 2.45) is 28.6 Å². The molecular formula is C24H30N2O. The van der Waals surface area contributed by atoms with Gasteiger partial charge in [-0.3, -0.25) is 4.79 Å². The lowest BCUT2D eigenvalue weighted by molar-refractivity contribution is -0.122. The van der Waals surface area contributed by atoms with Gasteiger partial charge in [0.2, 0.25) is 0 Å². The zero-order valence-corrected chi connectivity index (χ0v) is 16.6. The fourth-order valence-corrected chi connectivity index (χ4v) is 7.02. The minimum absolute atomic E-state index is 0.271. The highest BCUT2D eigenvalue weighted by atomic mass is 16.1. The molecule has 5 rings (SSSR count).